The van der Waals surface area contributed by atoms with E-state index in [2.05, 4.69) is 15.9 Å². The van der Waals surface area contributed by atoms with Gasteiger partial charge in [0, 0.05) is 19.2 Å². The summed E-state index contributed by atoms with van der Waals surface area (Å²) in [5.74, 6) is -1.41. The number of carboxylic acids is 1. The number of hydrogen-bond donors (Lipinski definition) is 1. The smallest absolute Gasteiger partial charge is 0.371 e. The first kappa shape index (κ1) is 18.2. The van der Waals surface area contributed by atoms with Crippen LogP contribution in [0.4, 0.5) is 0 Å². The summed E-state index contributed by atoms with van der Waals surface area (Å²) in [5, 5.41) is 8.89. The molecule has 0 aliphatic heterocycles. The summed E-state index contributed by atoms with van der Waals surface area (Å²) in [5.41, 5.74) is 0. The Hall–Kier alpha value is -0.860. The first-order chi connectivity index (χ1) is 9.55. The van der Waals surface area contributed by atoms with Gasteiger partial charge in [0.1, 0.15) is 4.90 Å². The zero-order valence-corrected chi connectivity index (χ0v) is 14.9. The fraction of sp³-hybridized carbons (Fsp3) is 0.615. The molecule has 1 N–H and O–H groups in total. The molecule has 0 spiro atoms. The molecule has 0 fully saturated rings. The van der Waals surface area contributed by atoms with Gasteiger partial charge in [-0.05, 0) is 27.8 Å². The molecule has 0 amide bonds. The van der Waals surface area contributed by atoms with E-state index in [1.807, 2.05) is 27.7 Å². The van der Waals surface area contributed by atoms with Gasteiger partial charge in [0.2, 0.25) is 15.8 Å². The first-order valence-corrected chi connectivity index (χ1v) is 8.81. The van der Waals surface area contributed by atoms with Gasteiger partial charge in [-0.1, -0.05) is 27.7 Å². The lowest BCUT2D eigenvalue weighted by Crippen LogP contribution is -2.37. The van der Waals surface area contributed by atoms with Crippen molar-refractivity contribution in [2.24, 2.45) is 11.8 Å². The molecule has 0 bridgehead atoms. The Labute approximate surface area is 133 Å². The quantitative estimate of drug-likeness (QED) is 0.783. The molecule has 0 unspecified atom stereocenters. The molecular weight excluding hydrogens is 362 g/mol. The summed E-state index contributed by atoms with van der Waals surface area (Å²) in [4.78, 5) is 10.7. The van der Waals surface area contributed by atoms with E-state index in [0.29, 0.717) is 13.1 Å². The Morgan fingerprint density at radius 3 is 2.10 bits per heavy atom. The van der Waals surface area contributed by atoms with Crippen LogP contribution in [0.1, 0.15) is 38.2 Å². The third-order valence-electron chi connectivity index (χ3n) is 2.62. The molecule has 0 aliphatic rings. The Balaban J connectivity index is 3.24. The van der Waals surface area contributed by atoms with Gasteiger partial charge in [-0.3, -0.25) is 0 Å². The molecule has 8 heteroatoms. The van der Waals surface area contributed by atoms with Gasteiger partial charge in [-0.15, -0.1) is 0 Å². The second-order valence-corrected chi connectivity index (χ2v) is 8.29. The minimum Gasteiger partial charge on any atom is -0.475 e. The predicted molar refractivity (Wildman–Crippen MR) is 81.8 cm³/mol. The van der Waals surface area contributed by atoms with Crippen LogP contribution in [0.3, 0.4) is 0 Å². The van der Waals surface area contributed by atoms with E-state index in [9.17, 15) is 13.2 Å². The average Bonchev–Trinajstić information content (AvgIpc) is 2.70. The second-order valence-electron chi connectivity index (χ2n) is 5.66. The molecule has 0 aliphatic carbocycles. The lowest BCUT2D eigenvalue weighted by Gasteiger charge is -2.25. The SMILES string of the molecule is CC(C)CN(CC(C)C)S(=O)(=O)c1cc(C(=O)O)oc1Br. The normalized spacial score (nSPS) is 12.6. The van der Waals surface area contributed by atoms with Crippen molar-refractivity contribution in [2.75, 3.05) is 13.1 Å². The number of furan rings is 1. The van der Waals surface area contributed by atoms with E-state index in [1.54, 1.807) is 0 Å². The maximum Gasteiger partial charge on any atom is 0.371 e. The van der Waals surface area contributed by atoms with Gasteiger partial charge < -0.3 is 9.52 Å². The van der Waals surface area contributed by atoms with Crippen molar-refractivity contribution in [3.8, 4) is 0 Å². The Bertz CT molecular complexity index is 596. The number of halogens is 1. The molecule has 6 nitrogen and oxygen atoms in total. The highest BCUT2D eigenvalue weighted by atomic mass is 79.9. The second kappa shape index (κ2) is 6.93. The van der Waals surface area contributed by atoms with Crippen LogP contribution < -0.4 is 0 Å². The van der Waals surface area contributed by atoms with Gasteiger partial charge in [-0.2, -0.15) is 4.31 Å². The van der Waals surface area contributed by atoms with Gasteiger partial charge in [0.15, 0.2) is 4.67 Å². The monoisotopic (exact) mass is 381 g/mol. The van der Waals surface area contributed by atoms with E-state index in [0.717, 1.165) is 6.07 Å². The number of sulfonamides is 1. The fourth-order valence-corrected chi connectivity index (χ4v) is 4.53. The molecule has 1 aromatic rings. The van der Waals surface area contributed by atoms with Crippen LogP contribution in [0.25, 0.3) is 0 Å². The van der Waals surface area contributed by atoms with Crippen LogP contribution in [0.2, 0.25) is 0 Å². The predicted octanol–water partition coefficient (Wildman–Crippen LogP) is 3.04. The molecule has 0 saturated carbocycles. The molecule has 1 rings (SSSR count). The van der Waals surface area contributed by atoms with E-state index >= 15 is 0 Å². The van der Waals surface area contributed by atoms with Crippen molar-refractivity contribution in [2.45, 2.75) is 32.6 Å². The number of aromatic carboxylic acids is 1. The van der Waals surface area contributed by atoms with Gasteiger partial charge in [-0.25, -0.2) is 13.2 Å². The summed E-state index contributed by atoms with van der Waals surface area (Å²) < 4.78 is 31.6. The van der Waals surface area contributed by atoms with E-state index in [1.165, 1.54) is 4.31 Å². The average molecular weight is 382 g/mol. The minimum atomic E-state index is -3.81. The van der Waals surface area contributed by atoms with Crippen LogP contribution in [0.5, 0.6) is 0 Å². The van der Waals surface area contributed by atoms with Crippen molar-refractivity contribution in [1.82, 2.24) is 4.31 Å². The molecule has 0 atom stereocenters. The number of carboxylic acid groups (broad SMARTS) is 1. The fourth-order valence-electron chi connectivity index (χ4n) is 1.86. The number of hydrogen-bond acceptors (Lipinski definition) is 4. The lowest BCUT2D eigenvalue weighted by molar-refractivity contribution is 0.0661. The molecule has 0 saturated heterocycles. The minimum absolute atomic E-state index is 0.0857. The largest absolute Gasteiger partial charge is 0.475 e. The molecule has 120 valence electrons. The van der Waals surface area contributed by atoms with Crippen molar-refractivity contribution >= 4 is 31.9 Å². The third-order valence-corrected chi connectivity index (χ3v) is 5.31. The molecular formula is C13H20BrNO5S. The van der Waals surface area contributed by atoms with Crippen molar-refractivity contribution in [3.63, 3.8) is 0 Å². The highest BCUT2D eigenvalue weighted by molar-refractivity contribution is 9.10. The van der Waals surface area contributed by atoms with E-state index in [4.69, 9.17) is 9.52 Å². The summed E-state index contributed by atoms with van der Waals surface area (Å²) in [6.07, 6.45) is 0. The van der Waals surface area contributed by atoms with E-state index < -0.39 is 21.8 Å². The van der Waals surface area contributed by atoms with Gasteiger partial charge in [0.05, 0.1) is 0 Å². The standard InChI is InChI=1S/C13H20BrNO5S/c1-8(2)6-15(7-9(3)4)21(18,19)11-5-10(13(16)17)20-12(11)14/h5,8-9H,6-7H2,1-4H3,(H,16,17). The Morgan fingerprint density at radius 1 is 1.29 bits per heavy atom. The third kappa shape index (κ3) is 4.55. The van der Waals surface area contributed by atoms with Crippen LogP contribution >= 0.6 is 15.9 Å². The highest BCUT2D eigenvalue weighted by Gasteiger charge is 2.31. The lowest BCUT2D eigenvalue weighted by atomic mass is 10.2. The molecule has 0 aromatic carbocycles. The summed E-state index contributed by atoms with van der Waals surface area (Å²) in [6.45, 7) is 8.43. The van der Waals surface area contributed by atoms with Crippen LogP contribution in [0, 0.1) is 11.8 Å². The molecule has 1 heterocycles. The highest BCUT2D eigenvalue weighted by Crippen LogP contribution is 2.29. The van der Waals surface area contributed by atoms with Gasteiger partial charge in [0.25, 0.3) is 0 Å². The number of rotatable bonds is 7. The Morgan fingerprint density at radius 2 is 1.76 bits per heavy atom. The van der Waals surface area contributed by atoms with Crippen molar-refractivity contribution in [3.05, 3.63) is 16.5 Å². The number of carbonyl (C=O) groups is 1. The van der Waals surface area contributed by atoms with Gasteiger partial charge >= 0.3 is 5.97 Å². The van der Waals surface area contributed by atoms with Crippen molar-refractivity contribution < 1.29 is 22.7 Å². The Kier molecular flexibility index (Phi) is 6.01. The summed E-state index contributed by atoms with van der Waals surface area (Å²) in [6, 6.07) is 1.04. The molecule has 21 heavy (non-hydrogen) atoms. The maximum atomic E-state index is 12.7. The first-order valence-electron chi connectivity index (χ1n) is 6.58. The summed E-state index contributed by atoms with van der Waals surface area (Å²) in [7, 11) is -3.81. The van der Waals surface area contributed by atoms with Crippen LogP contribution in [0.15, 0.2) is 20.0 Å². The van der Waals surface area contributed by atoms with E-state index in [-0.39, 0.29) is 21.4 Å². The topological polar surface area (TPSA) is 87.8 Å². The number of nitrogens with zero attached hydrogens (tertiary/aromatic N) is 1. The zero-order valence-electron chi connectivity index (χ0n) is 12.5. The molecule has 1 aromatic heterocycles. The molecule has 0 radical (unpaired) electrons. The summed E-state index contributed by atoms with van der Waals surface area (Å²) >= 11 is 2.99. The van der Waals surface area contributed by atoms with Crippen molar-refractivity contribution in [1.29, 1.82) is 0 Å². The maximum absolute atomic E-state index is 12.7. The zero-order chi connectivity index (χ0) is 16.4. The van der Waals surface area contributed by atoms with Crippen LogP contribution in [-0.2, 0) is 10.0 Å². The van der Waals surface area contributed by atoms with Crippen LogP contribution in [-0.4, -0.2) is 36.9 Å².